The van der Waals surface area contributed by atoms with Gasteiger partial charge in [-0.25, -0.2) is 4.79 Å². The van der Waals surface area contributed by atoms with E-state index in [2.05, 4.69) is 59.5 Å². The molecule has 1 N–H and O–H groups in total. The van der Waals surface area contributed by atoms with Crippen molar-refractivity contribution < 1.29 is 14.6 Å². The van der Waals surface area contributed by atoms with Gasteiger partial charge in [-0.1, -0.05) is 48.5 Å². The van der Waals surface area contributed by atoms with Gasteiger partial charge in [0.1, 0.15) is 6.10 Å². The van der Waals surface area contributed by atoms with Gasteiger partial charge in [-0.15, -0.1) is 11.8 Å². The number of piperidine rings is 1. The molecule has 2 heterocycles. The average molecular weight is 396 g/mol. The third-order valence-electron chi connectivity index (χ3n) is 5.46. The van der Waals surface area contributed by atoms with Crippen LogP contribution in [0.2, 0.25) is 0 Å². The summed E-state index contributed by atoms with van der Waals surface area (Å²) in [4.78, 5) is 14.4. The Labute approximate surface area is 170 Å². The number of thioether (sulfide) groups is 1. The molecule has 0 spiro atoms. The second kappa shape index (κ2) is 8.84. The van der Waals surface area contributed by atoms with Crippen LogP contribution in [0.1, 0.15) is 36.0 Å². The second-order valence-electron chi connectivity index (χ2n) is 7.27. The molecule has 0 unspecified atom stereocenters. The summed E-state index contributed by atoms with van der Waals surface area (Å²) in [5.74, 6) is 1.00. The Morgan fingerprint density at radius 2 is 1.82 bits per heavy atom. The van der Waals surface area contributed by atoms with Crippen molar-refractivity contribution >= 4 is 23.5 Å². The number of benzene rings is 2. The van der Waals surface area contributed by atoms with Gasteiger partial charge in [-0.3, -0.25) is 0 Å². The number of ether oxygens (including phenoxy) is 1. The zero-order chi connectivity index (χ0) is 19.3. The van der Waals surface area contributed by atoms with Gasteiger partial charge in [0.2, 0.25) is 0 Å². The lowest BCUT2D eigenvalue weighted by Crippen LogP contribution is -2.38. The minimum atomic E-state index is -1.16. The molecular formula is C23H25NO3S. The summed E-state index contributed by atoms with van der Waals surface area (Å²) in [6.07, 6.45) is 3.61. The summed E-state index contributed by atoms with van der Waals surface area (Å²) in [6, 6.07) is 17.4. The van der Waals surface area contributed by atoms with Crippen molar-refractivity contribution in [2.45, 2.75) is 36.0 Å². The van der Waals surface area contributed by atoms with E-state index in [4.69, 9.17) is 9.84 Å². The first-order valence-corrected chi connectivity index (χ1v) is 10.8. The molecule has 1 fully saturated rings. The lowest BCUT2D eigenvalue weighted by Gasteiger charge is -2.30. The molecule has 1 saturated heterocycles. The van der Waals surface area contributed by atoms with Gasteiger partial charge in [0.05, 0.1) is 0 Å². The first-order chi connectivity index (χ1) is 13.7. The fourth-order valence-electron chi connectivity index (χ4n) is 4.03. The second-order valence-corrected chi connectivity index (χ2v) is 8.29. The summed E-state index contributed by atoms with van der Waals surface area (Å²) in [5.41, 5.74) is 5.39. The van der Waals surface area contributed by atoms with Gasteiger partial charge in [-0.05, 0) is 47.6 Å². The van der Waals surface area contributed by atoms with Crippen LogP contribution in [0.25, 0.3) is 5.57 Å². The molecule has 0 saturated carbocycles. The largest absolute Gasteiger partial charge is 0.506 e. The van der Waals surface area contributed by atoms with Crippen LogP contribution in [0.4, 0.5) is 4.79 Å². The quantitative estimate of drug-likeness (QED) is 0.715. The number of hydrogen-bond donors (Lipinski definition) is 1. The molecule has 4 nitrogen and oxygen atoms in total. The van der Waals surface area contributed by atoms with Gasteiger partial charge >= 0.3 is 6.16 Å². The maximum atomic E-state index is 10.7. The highest BCUT2D eigenvalue weighted by molar-refractivity contribution is 7.98. The van der Waals surface area contributed by atoms with Crippen LogP contribution < -0.4 is 0 Å². The van der Waals surface area contributed by atoms with E-state index < -0.39 is 6.16 Å². The van der Waals surface area contributed by atoms with Crippen molar-refractivity contribution in [3.8, 4) is 0 Å². The Bertz CT molecular complexity index is 822. The molecule has 146 valence electrons. The van der Waals surface area contributed by atoms with Gasteiger partial charge in [-0.2, -0.15) is 0 Å². The summed E-state index contributed by atoms with van der Waals surface area (Å²) < 4.78 is 4.91. The molecule has 2 aromatic rings. The van der Waals surface area contributed by atoms with E-state index in [9.17, 15) is 4.79 Å². The van der Waals surface area contributed by atoms with Crippen LogP contribution in [-0.4, -0.2) is 41.9 Å². The third kappa shape index (κ3) is 4.42. The molecule has 0 aromatic heterocycles. The van der Waals surface area contributed by atoms with E-state index in [1.54, 1.807) is 0 Å². The number of carbonyl (C=O) groups is 1. The highest BCUT2D eigenvalue weighted by Gasteiger charge is 2.22. The van der Waals surface area contributed by atoms with Gasteiger partial charge in [0, 0.05) is 30.3 Å². The number of rotatable bonds is 4. The molecule has 2 aliphatic heterocycles. The number of nitrogens with zero attached hydrogens (tertiary/aromatic N) is 1. The molecule has 0 aliphatic carbocycles. The lowest BCUT2D eigenvalue weighted by molar-refractivity contribution is 0.0202. The van der Waals surface area contributed by atoms with Crippen LogP contribution in [0, 0.1) is 0 Å². The fourth-order valence-corrected chi connectivity index (χ4v) is 5.10. The molecule has 0 amide bonds. The van der Waals surface area contributed by atoms with Crippen LogP contribution in [-0.2, 0) is 10.5 Å². The SMILES string of the molecule is O=C(O)OC1CCN(CCC=C2c3ccccc3CSc3ccccc32)CC1. The molecule has 0 bridgehead atoms. The first-order valence-electron chi connectivity index (χ1n) is 9.83. The monoisotopic (exact) mass is 395 g/mol. The maximum Gasteiger partial charge on any atom is 0.506 e. The third-order valence-corrected chi connectivity index (χ3v) is 6.59. The van der Waals surface area contributed by atoms with Gasteiger partial charge < -0.3 is 14.7 Å². The lowest BCUT2D eigenvalue weighted by atomic mass is 9.93. The number of likely N-dealkylation sites (tertiary alicyclic amines) is 1. The molecule has 2 aliphatic rings. The predicted octanol–water partition coefficient (Wildman–Crippen LogP) is 5.27. The minimum absolute atomic E-state index is 0.148. The average Bonchev–Trinajstić information content (AvgIpc) is 2.86. The van der Waals surface area contributed by atoms with Crippen molar-refractivity contribution in [2.24, 2.45) is 0 Å². The summed E-state index contributed by atoms with van der Waals surface area (Å²) in [6.45, 7) is 2.77. The number of fused-ring (bicyclic) bond motifs is 2. The van der Waals surface area contributed by atoms with Crippen molar-refractivity contribution in [3.63, 3.8) is 0 Å². The standard InChI is InChI=1S/C23H25NO3S/c25-23(26)27-18-11-14-24(15-12-18)13-5-9-20-19-7-2-1-6-17(19)16-28-22-10-4-3-8-21(20)22/h1-4,6-10,18H,5,11-16H2,(H,25,26). The smallest absolute Gasteiger partial charge is 0.450 e. The number of carboxylic acid groups (broad SMARTS) is 1. The van der Waals surface area contributed by atoms with E-state index in [0.29, 0.717) is 0 Å². The van der Waals surface area contributed by atoms with E-state index in [1.807, 2.05) is 11.8 Å². The van der Waals surface area contributed by atoms with Crippen LogP contribution in [0.15, 0.2) is 59.5 Å². The van der Waals surface area contributed by atoms with E-state index in [-0.39, 0.29) is 6.10 Å². The highest BCUT2D eigenvalue weighted by Crippen LogP contribution is 2.40. The molecular weight excluding hydrogens is 370 g/mol. The zero-order valence-corrected chi connectivity index (χ0v) is 16.7. The van der Waals surface area contributed by atoms with Crippen LogP contribution in [0.5, 0.6) is 0 Å². The molecule has 0 atom stereocenters. The van der Waals surface area contributed by atoms with E-state index in [0.717, 1.165) is 44.6 Å². The van der Waals surface area contributed by atoms with Crippen molar-refractivity contribution in [1.29, 1.82) is 0 Å². The Morgan fingerprint density at radius 3 is 2.61 bits per heavy atom. The van der Waals surface area contributed by atoms with Crippen molar-refractivity contribution in [3.05, 3.63) is 71.3 Å². The fraction of sp³-hybridized carbons (Fsp3) is 0.348. The zero-order valence-electron chi connectivity index (χ0n) is 15.8. The number of hydrogen-bond acceptors (Lipinski definition) is 4. The molecule has 5 heteroatoms. The van der Waals surface area contributed by atoms with Gasteiger partial charge in [0.15, 0.2) is 0 Å². The van der Waals surface area contributed by atoms with Crippen LogP contribution >= 0.6 is 11.8 Å². The maximum absolute atomic E-state index is 10.7. The molecule has 0 radical (unpaired) electrons. The molecule has 4 rings (SSSR count). The van der Waals surface area contributed by atoms with E-state index >= 15 is 0 Å². The Kier molecular flexibility index (Phi) is 6.03. The summed E-state index contributed by atoms with van der Waals surface area (Å²) >= 11 is 1.91. The first kappa shape index (κ1) is 19.1. The minimum Gasteiger partial charge on any atom is -0.450 e. The predicted molar refractivity (Wildman–Crippen MR) is 113 cm³/mol. The summed E-state index contributed by atoms with van der Waals surface area (Å²) in [7, 11) is 0. The Hall–Kier alpha value is -2.24. The topological polar surface area (TPSA) is 49.8 Å². The highest BCUT2D eigenvalue weighted by atomic mass is 32.2. The molecule has 2 aromatic carbocycles. The van der Waals surface area contributed by atoms with Gasteiger partial charge in [0.25, 0.3) is 0 Å². The Balaban J connectivity index is 1.47. The normalized spacial score (nSPS) is 18.9. The van der Waals surface area contributed by atoms with Crippen molar-refractivity contribution in [2.75, 3.05) is 19.6 Å². The van der Waals surface area contributed by atoms with Crippen LogP contribution in [0.3, 0.4) is 0 Å². The van der Waals surface area contributed by atoms with E-state index in [1.165, 1.54) is 27.2 Å². The Morgan fingerprint density at radius 1 is 1.11 bits per heavy atom. The van der Waals surface area contributed by atoms with Crippen molar-refractivity contribution in [1.82, 2.24) is 4.90 Å². The summed E-state index contributed by atoms with van der Waals surface area (Å²) in [5, 5.41) is 8.76. The molecule has 28 heavy (non-hydrogen) atoms.